The van der Waals surface area contributed by atoms with Gasteiger partial charge < -0.3 is 5.32 Å². The zero-order valence-electron chi connectivity index (χ0n) is 10.9. The highest BCUT2D eigenvalue weighted by Crippen LogP contribution is 2.26. The molecule has 0 amide bonds. The Balaban J connectivity index is 1.92. The van der Waals surface area contributed by atoms with Crippen LogP contribution >= 0.6 is 11.6 Å². The summed E-state index contributed by atoms with van der Waals surface area (Å²) < 4.78 is 1.62. The number of benzene rings is 2. The lowest BCUT2D eigenvalue weighted by Crippen LogP contribution is -2.00. The van der Waals surface area contributed by atoms with E-state index in [0.717, 1.165) is 16.5 Å². The van der Waals surface area contributed by atoms with Crippen LogP contribution in [0.5, 0.6) is 0 Å². The fraction of sp³-hybridized carbons (Fsp3) is 0. The first kappa shape index (κ1) is 12.1. The van der Waals surface area contributed by atoms with Crippen molar-refractivity contribution in [1.29, 1.82) is 0 Å². The van der Waals surface area contributed by atoms with Crippen LogP contribution in [-0.4, -0.2) is 19.8 Å². The fourth-order valence-corrected chi connectivity index (χ4v) is 2.51. The van der Waals surface area contributed by atoms with Crippen LogP contribution in [-0.2, 0) is 0 Å². The lowest BCUT2D eigenvalue weighted by Gasteiger charge is -2.05. The quantitative estimate of drug-likeness (QED) is 0.613. The van der Waals surface area contributed by atoms with Crippen LogP contribution in [0.25, 0.3) is 16.4 Å². The molecule has 0 fully saturated rings. The molecule has 0 bridgehead atoms. The van der Waals surface area contributed by atoms with Crippen molar-refractivity contribution < 1.29 is 0 Å². The third-order valence-corrected chi connectivity index (χ3v) is 3.53. The molecule has 2 aromatic heterocycles. The lowest BCUT2D eigenvalue weighted by molar-refractivity contribution is 0.946. The maximum Gasteiger partial charge on any atom is 0.250 e. The SMILES string of the molecule is Clc1nn2c(Nc3ccccc3)nnc2c2ccccc12. The van der Waals surface area contributed by atoms with Gasteiger partial charge in [-0.2, -0.15) is 9.61 Å². The molecule has 0 aliphatic rings. The maximum absolute atomic E-state index is 6.25. The summed E-state index contributed by atoms with van der Waals surface area (Å²) in [5.41, 5.74) is 1.59. The number of para-hydroxylation sites is 1. The molecular formula is C15H10ClN5. The summed E-state index contributed by atoms with van der Waals surface area (Å²) >= 11 is 6.25. The van der Waals surface area contributed by atoms with Crippen LogP contribution < -0.4 is 5.32 Å². The zero-order valence-corrected chi connectivity index (χ0v) is 11.6. The minimum absolute atomic E-state index is 0.425. The highest BCUT2D eigenvalue weighted by Gasteiger charge is 2.12. The Morgan fingerprint density at radius 2 is 1.57 bits per heavy atom. The smallest absolute Gasteiger partial charge is 0.250 e. The predicted octanol–water partition coefficient (Wildman–Crippen LogP) is 3.67. The number of fused-ring (bicyclic) bond motifs is 3. The van der Waals surface area contributed by atoms with Gasteiger partial charge in [-0.3, -0.25) is 0 Å². The molecule has 1 N–H and O–H groups in total. The number of nitrogens with one attached hydrogen (secondary N) is 1. The van der Waals surface area contributed by atoms with E-state index in [-0.39, 0.29) is 0 Å². The second-order valence-electron chi connectivity index (χ2n) is 4.59. The lowest BCUT2D eigenvalue weighted by atomic mass is 10.2. The van der Waals surface area contributed by atoms with Gasteiger partial charge in [-0.15, -0.1) is 10.2 Å². The third-order valence-electron chi connectivity index (χ3n) is 3.25. The normalized spacial score (nSPS) is 11.1. The number of hydrogen-bond acceptors (Lipinski definition) is 4. The number of rotatable bonds is 2. The van der Waals surface area contributed by atoms with Crippen LogP contribution in [0.15, 0.2) is 54.6 Å². The van der Waals surface area contributed by atoms with Crippen LogP contribution in [0, 0.1) is 0 Å². The molecule has 0 atom stereocenters. The van der Waals surface area contributed by atoms with Crippen LogP contribution in [0.3, 0.4) is 0 Å². The molecule has 0 saturated heterocycles. The minimum Gasteiger partial charge on any atom is -0.323 e. The van der Waals surface area contributed by atoms with Gasteiger partial charge in [0.15, 0.2) is 10.8 Å². The summed E-state index contributed by atoms with van der Waals surface area (Å²) in [6.07, 6.45) is 0. The molecule has 102 valence electrons. The maximum atomic E-state index is 6.25. The Morgan fingerprint density at radius 1 is 0.857 bits per heavy atom. The van der Waals surface area contributed by atoms with Gasteiger partial charge in [0.1, 0.15) is 0 Å². The Hall–Kier alpha value is -2.66. The molecule has 0 aliphatic carbocycles. The average Bonchev–Trinajstić information content (AvgIpc) is 2.92. The second-order valence-corrected chi connectivity index (χ2v) is 4.94. The van der Waals surface area contributed by atoms with E-state index in [0.29, 0.717) is 16.7 Å². The molecule has 0 unspecified atom stereocenters. The number of aromatic nitrogens is 4. The summed E-state index contributed by atoms with van der Waals surface area (Å²) in [7, 11) is 0. The van der Waals surface area contributed by atoms with E-state index < -0.39 is 0 Å². The first-order valence-electron chi connectivity index (χ1n) is 6.45. The van der Waals surface area contributed by atoms with Crippen molar-refractivity contribution >= 4 is 39.7 Å². The van der Waals surface area contributed by atoms with E-state index in [2.05, 4.69) is 20.6 Å². The van der Waals surface area contributed by atoms with E-state index in [4.69, 9.17) is 11.6 Å². The van der Waals surface area contributed by atoms with Crippen molar-refractivity contribution in [3.8, 4) is 0 Å². The molecule has 6 heteroatoms. The predicted molar refractivity (Wildman–Crippen MR) is 83.0 cm³/mol. The van der Waals surface area contributed by atoms with Gasteiger partial charge in [-0.05, 0) is 12.1 Å². The molecule has 0 spiro atoms. The summed E-state index contributed by atoms with van der Waals surface area (Å²) in [6, 6.07) is 17.5. The first-order chi connectivity index (χ1) is 10.3. The molecule has 4 aromatic rings. The Labute approximate surface area is 125 Å². The highest BCUT2D eigenvalue weighted by molar-refractivity contribution is 6.34. The van der Waals surface area contributed by atoms with E-state index in [1.807, 2.05) is 54.6 Å². The second kappa shape index (κ2) is 4.71. The zero-order chi connectivity index (χ0) is 14.2. The summed E-state index contributed by atoms with van der Waals surface area (Å²) in [5.74, 6) is 0.531. The van der Waals surface area contributed by atoms with Crippen LogP contribution in [0.1, 0.15) is 0 Å². The van der Waals surface area contributed by atoms with Crippen molar-refractivity contribution in [2.24, 2.45) is 0 Å². The van der Waals surface area contributed by atoms with Crippen LogP contribution in [0.4, 0.5) is 11.6 Å². The van der Waals surface area contributed by atoms with E-state index in [1.54, 1.807) is 4.52 Å². The van der Waals surface area contributed by atoms with Crippen molar-refractivity contribution in [2.45, 2.75) is 0 Å². The minimum atomic E-state index is 0.425. The van der Waals surface area contributed by atoms with Gasteiger partial charge in [-0.25, -0.2) is 0 Å². The monoisotopic (exact) mass is 295 g/mol. The number of anilines is 2. The molecule has 0 saturated carbocycles. The van der Waals surface area contributed by atoms with Gasteiger partial charge in [-0.1, -0.05) is 54.1 Å². The van der Waals surface area contributed by atoms with E-state index in [1.165, 1.54) is 0 Å². The molecular weight excluding hydrogens is 286 g/mol. The fourth-order valence-electron chi connectivity index (χ4n) is 2.27. The van der Waals surface area contributed by atoms with E-state index in [9.17, 15) is 0 Å². The first-order valence-corrected chi connectivity index (χ1v) is 6.82. The molecule has 4 rings (SSSR count). The Morgan fingerprint density at radius 3 is 2.38 bits per heavy atom. The van der Waals surface area contributed by atoms with Gasteiger partial charge in [0.2, 0.25) is 0 Å². The summed E-state index contributed by atoms with van der Waals surface area (Å²) in [6.45, 7) is 0. The Kier molecular flexibility index (Phi) is 2.72. The van der Waals surface area contributed by atoms with Gasteiger partial charge in [0.05, 0.1) is 0 Å². The van der Waals surface area contributed by atoms with Crippen molar-refractivity contribution in [1.82, 2.24) is 19.8 Å². The van der Waals surface area contributed by atoms with Gasteiger partial charge >= 0.3 is 0 Å². The highest BCUT2D eigenvalue weighted by atomic mass is 35.5. The molecule has 5 nitrogen and oxygen atoms in total. The average molecular weight is 296 g/mol. The molecule has 0 radical (unpaired) electrons. The topological polar surface area (TPSA) is 55.1 Å². The standard InChI is InChI=1S/C15H10ClN5/c16-13-11-8-4-5-9-12(11)14-18-19-15(21(14)20-13)17-10-6-2-1-3-7-10/h1-9H,(H,17,19). The number of halogens is 1. The van der Waals surface area contributed by atoms with Crippen molar-refractivity contribution in [3.05, 3.63) is 59.8 Å². The van der Waals surface area contributed by atoms with Crippen LogP contribution in [0.2, 0.25) is 5.15 Å². The van der Waals surface area contributed by atoms with Crippen molar-refractivity contribution in [2.75, 3.05) is 5.32 Å². The Bertz CT molecular complexity index is 933. The molecule has 0 aliphatic heterocycles. The largest absolute Gasteiger partial charge is 0.323 e. The molecule has 2 heterocycles. The summed E-state index contributed by atoms with van der Waals surface area (Å²) in [5, 5.41) is 18.1. The molecule has 2 aromatic carbocycles. The van der Waals surface area contributed by atoms with Crippen molar-refractivity contribution in [3.63, 3.8) is 0 Å². The summed E-state index contributed by atoms with van der Waals surface area (Å²) in [4.78, 5) is 0. The number of nitrogens with zero attached hydrogens (tertiary/aromatic N) is 4. The third kappa shape index (κ3) is 1.98. The van der Waals surface area contributed by atoms with E-state index >= 15 is 0 Å². The van der Waals surface area contributed by atoms with Gasteiger partial charge in [0, 0.05) is 16.5 Å². The van der Waals surface area contributed by atoms with Gasteiger partial charge in [0.25, 0.3) is 5.95 Å². The number of hydrogen-bond donors (Lipinski definition) is 1. The molecule has 21 heavy (non-hydrogen) atoms.